The van der Waals surface area contributed by atoms with Crippen LogP contribution in [0.3, 0.4) is 0 Å². The lowest BCUT2D eigenvalue weighted by Gasteiger charge is -2.26. The Labute approximate surface area is 139 Å². The minimum absolute atomic E-state index is 0.00955. The van der Waals surface area contributed by atoms with Crippen LogP contribution < -0.4 is 5.32 Å². The quantitative estimate of drug-likeness (QED) is 0.896. The average molecular weight is 338 g/mol. The molecule has 6 heteroatoms. The maximum Gasteiger partial charge on any atom is 0.317 e. The zero-order valence-corrected chi connectivity index (χ0v) is 15.1. The van der Waals surface area contributed by atoms with Crippen molar-refractivity contribution in [3.63, 3.8) is 0 Å². The molecule has 1 aliphatic carbocycles. The molecule has 0 unspecified atom stereocenters. The second-order valence-corrected chi connectivity index (χ2v) is 8.78. The molecule has 2 atom stereocenters. The molecule has 0 aliphatic heterocycles. The molecule has 1 aliphatic rings. The van der Waals surface area contributed by atoms with Crippen LogP contribution in [0, 0.1) is 12.8 Å². The number of aryl methyl sites for hydroxylation is 1. The van der Waals surface area contributed by atoms with Gasteiger partial charge in [-0.05, 0) is 37.3 Å². The fourth-order valence-corrected chi connectivity index (χ4v) is 3.64. The Morgan fingerprint density at radius 1 is 1.39 bits per heavy atom. The topological polar surface area (TPSA) is 66.5 Å². The first-order valence-electron chi connectivity index (χ1n) is 8.04. The van der Waals surface area contributed by atoms with Gasteiger partial charge in [0.25, 0.3) is 0 Å². The van der Waals surface area contributed by atoms with Gasteiger partial charge in [-0.2, -0.15) is 0 Å². The van der Waals surface area contributed by atoms with Crippen LogP contribution in [0.2, 0.25) is 0 Å². The summed E-state index contributed by atoms with van der Waals surface area (Å²) >= 11 is 0. The Morgan fingerprint density at radius 3 is 2.70 bits per heavy atom. The van der Waals surface area contributed by atoms with Gasteiger partial charge < -0.3 is 10.2 Å². The molecule has 2 rings (SSSR count). The summed E-state index contributed by atoms with van der Waals surface area (Å²) in [6, 6.07) is 6.16. The summed E-state index contributed by atoms with van der Waals surface area (Å²) < 4.78 is 22.6. The number of benzene rings is 1. The zero-order valence-electron chi connectivity index (χ0n) is 14.3. The molecule has 0 bridgehead atoms. The SMILES string of the molecule is CCN(CCS(C)(=O)=O)C(=O)N[C@@H]1c2cc(C)ccc2C[C@H]1C. The van der Waals surface area contributed by atoms with E-state index in [1.165, 1.54) is 22.9 Å². The summed E-state index contributed by atoms with van der Waals surface area (Å²) in [5.74, 6) is 0.328. The number of amides is 2. The van der Waals surface area contributed by atoms with Gasteiger partial charge in [0.2, 0.25) is 0 Å². The lowest BCUT2D eigenvalue weighted by molar-refractivity contribution is 0.196. The zero-order chi connectivity index (χ0) is 17.2. The van der Waals surface area contributed by atoms with E-state index in [2.05, 4.69) is 30.4 Å². The van der Waals surface area contributed by atoms with E-state index < -0.39 is 9.84 Å². The monoisotopic (exact) mass is 338 g/mol. The summed E-state index contributed by atoms with van der Waals surface area (Å²) in [7, 11) is -3.08. The van der Waals surface area contributed by atoms with Crippen molar-refractivity contribution in [1.82, 2.24) is 10.2 Å². The van der Waals surface area contributed by atoms with Crippen molar-refractivity contribution >= 4 is 15.9 Å². The molecule has 5 nitrogen and oxygen atoms in total. The van der Waals surface area contributed by atoms with Crippen LogP contribution in [0.1, 0.15) is 36.6 Å². The molecule has 128 valence electrons. The van der Waals surface area contributed by atoms with Crippen molar-refractivity contribution in [2.45, 2.75) is 33.2 Å². The Morgan fingerprint density at radius 2 is 2.09 bits per heavy atom. The molecule has 0 saturated carbocycles. The van der Waals surface area contributed by atoms with Crippen LogP contribution in [-0.4, -0.2) is 44.4 Å². The van der Waals surface area contributed by atoms with Crippen LogP contribution in [0.25, 0.3) is 0 Å². The van der Waals surface area contributed by atoms with Gasteiger partial charge in [0.05, 0.1) is 11.8 Å². The highest BCUT2D eigenvalue weighted by Crippen LogP contribution is 2.36. The first-order valence-corrected chi connectivity index (χ1v) is 10.1. The Bertz CT molecular complexity index is 685. The van der Waals surface area contributed by atoms with Crippen molar-refractivity contribution in [2.24, 2.45) is 5.92 Å². The van der Waals surface area contributed by atoms with E-state index in [-0.39, 0.29) is 24.4 Å². The number of sulfone groups is 1. The van der Waals surface area contributed by atoms with E-state index in [0.717, 1.165) is 6.42 Å². The van der Waals surface area contributed by atoms with E-state index in [1.807, 2.05) is 13.8 Å². The number of hydrogen-bond donors (Lipinski definition) is 1. The van der Waals surface area contributed by atoms with Gasteiger partial charge in [0.15, 0.2) is 0 Å². The fraction of sp³-hybridized carbons (Fsp3) is 0.588. The van der Waals surface area contributed by atoms with Crippen LogP contribution in [0.5, 0.6) is 0 Å². The highest BCUT2D eigenvalue weighted by atomic mass is 32.2. The maximum atomic E-state index is 12.5. The molecule has 1 aromatic carbocycles. The third-order valence-electron chi connectivity index (χ3n) is 4.43. The molecule has 0 spiro atoms. The van der Waals surface area contributed by atoms with E-state index in [4.69, 9.17) is 0 Å². The molecule has 2 amide bonds. The number of fused-ring (bicyclic) bond motifs is 1. The molecular formula is C17H26N2O3S. The lowest BCUT2D eigenvalue weighted by Crippen LogP contribution is -2.44. The largest absolute Gasteiger partial charge is 0.331 e. The van der Waals surface area contributed by atoms with E-state index in [1.54, 1.807) is 4.90 Å². The Balaban J connectivity index is 2.09. The maximum absolute atomic E-state index is 12.5. The standard InChI is InChI=1S/C17H26N2O3S/c1-5-19(8-9-23(4,21)22)17(20)18-16-13(3)11-14-7-6-12(2)10-15(14)16/h6-7,10,13,16H,5,8-9,11H2,1-4H3,(H,18,20)/t13-,16+/m1/s1. The first-order chi connectivity index (χ1) is 10.7. The minimum atomic E-state index is -3.08. The molecule has 0 saturated heterocycles. The molecule has 0 heterocycles. The van der Waals surface area contributed by atoms with E-state index >= 15 is 0 Å². The van der Waals surface area contributed by atoms with Crippen molar-refractivity contribution < 1.29 is 13.2 Å². The fourth-order valence-electron chi connectivity index (χ4n) is 3.08. The minimum Gasteiger partial charge on any atom is -0.331 e. The van der Waals surface area contributed by atoms with Crippen LogP contribution in [-0.2, 0) is 16.3 Å². The van der Waals surface area contributed by atoms with Crippen molar-refractivity contribution in [2.75, 3.05) is 25.1 Å². The second kappa shape index (κ2) is 6.91. The normalized spacial score (nSPS) is 20.2. The van der Waals surface area contributed by atoms with Gasteiger partial charge in [-0.15, -0.1) is 0 Å². The van der Waals surface area contributed by atoms with Gasteiger partial charge in [-0.1, -0.05) is 30.7 Å². The summed E-state index contributed by atoms with van der Waals surface area (Å²) in [4.78, 5) is 14.1. The summed E-state index contributed by atoms with van der Waals surface area (Å²) in [6.07, 6.45) is 2.15. The smallest absolute Gasteiger partial charge is 0.317 e. The Hall–Kier alpha value is -1.56. The average Bonchev–Trinajstić information content (AvgIpc) is 2.74. The molecule has 1 N–H and O–H groups in total. The van der Waals surface area contributed by atoms with Crippen LogP contribution in [0.4, 0.5) is 4.79 Å². The number of nitrogens with zero attached hydrogens (tertiary/aromatic N) is 1. The lowest BCUT2D eigenvalue weighted by atomic mass is 10.0. The number of carbonyl (C=O) groups is 1. The van der Waals surface area contributed by atoms with E-state index in [0.29, 0.717) is 12.5 Å². The van der Waals surface area contributed by atoms with Crippen LogP contribution in [0.15, 0.2) is 18.2 Å². The van der Waals surface area contributed by atoms with Gasteiger partial charge in [-0.25, -0.2) is 13.2 Å². The Kier molecular flexibility index (Phi) is 5.34. The van der Waals surface area contributed by atoms with Crippen molar-refractivity contribution in [3.05, 3.63) is 34.9 Å². The third-order valence-corrected chi connectivity index (χ3v) is 5.35. The molecule has 1 aromatic rings. The third kappa shape index (κ3) is 4.47. The van der Waals surface area contributed by atoms with Gasteiger partial charge in [-0.3, -0.25) is 0 Å². The van der Waals surface area contributed by atoms with Crippen LogP contribution >= 0.6 is 0 Å². The molecule has 0 fully saturated rings. The highest BCUT2D eigenvalue weighted by Gasteiger charge is 2.31. The number of urea groups is 1. The predicted octanol–water partition coefficient (Wildman–Crippen LogP) is 2.30. The van der Waals surface area contributed by atoms with E-state index in [9.17, 15) is 13.2 Å². The molecule has 0 radical (unpaired) electrons. The molecule has 0 aromatic heterocycles. The van der Waals surface area contributed by atoms with Gasteiger partial charge >= 0.3 is 6.03 Å². The first kappa shape index (κ1) is 17.8. The number of nitrogens with one attached hydrogen (secondary N) is 1. The molecule has 23 heavy (non-hydrogen) atoms. The second-order valence-electron chi connectivity index (χ2n) is 6.52. The van der Waals surface area contributed by atoms with Crippen molar-refractivity contribution in [1.29, 1.82) is 0 Å². The van der Waals surface area contributed by atoms with Gasteiger partial charge in [0.1, 0.15) is 9.84 Å². The summed E-state index contributed by atoms with van der Waals surface area (Å²) in [6.45, 7) is 6.75. The molecular weight excluding hydrogens is 312 g/mol. The number of carbonyl (C=O) groups excluding carboxylic acids is 1. The summed E-state index contributed by atoms with van der Waals surface area (Å²) in [5, 5.41) is 3.09. The predicted molar refractivity (Wildman–Crippen MR) is 92.3 cm³/mol. The highest BCUT2D eigenvalue weighted by molar-refractivity contribution is 7.90. The number of hydrogen-bond acceptors (Lipinski definition) is 3. The van der Waals surface area contributed by atoms with Crippen molar-refractivity contribution in [3.8, 4) is 0 Å². The summed E-state index contributed by atoms with van der Waals surface area (Å²) in [5.41, 5.74) is 3.65. The number of rotatable bonds is 5. The van der Waals surface area contributed by atoms with Gasteiger partial charge in [0, 0.05) is 19.3 Å².